The molecule has 0 spiro atoms. The van der Waals surface area contributed by atoms with Crippen molar-refractivity contribution in [2.45, 2.75) is 10.1 Å². The van der Waals surface area contributed by atoms with Gasteiger partial charge in [-0.1, -0.05) is 52.4 Å². The van der Waals surface area contributed by atoms with Crippen molar-refractivity contribution in [2.24, 2.45) is 0 Å². The molecule has 28 heavy (non-hydrogen) atoms. The summed E-state index contributed by atoms with van der Waals surface area (Å²) in [4.78, 5) is 12.4. The van der Waals surface area contributed by atoms with E-state index < -0.39 is 0 Å². The minimum Gasteiger partial charge on any atom is -0.493 e. The van der Waals surface area contributed by atoms with E-state index in [0.717, 1.165) is 9.90 Å². The van der Waals surface area contributed by atoms with Gasteiger partial charge in [0, 0.05) is 11.3 Å². The molecule has 2 aromatic carbocycles. The van der Waals surface area contributed by atoms with Crippen LogP contribution in [0.3, 0.4) is 0 Å². The van der Waals surface area contributed by atoms with Crippen molar-refractivity contribution < 1.29 is 14.3 Å². The molecule has 0 atom stereocenters. The van der Waals surface area contributed by atoms with Gasteiger partial charge in [-0.25, -0.2) is 0 Å². The first-order valence-electron chi connectivity index (χ1n) is 7.93. The second-order valence-electron chi connectivity index (χ2n) is 5.43. The number of hydrogen-bond donors (Lipinski definition) is 1. The van der Waals surface area contributed by atoms with E-state index in [9.17, 15) is 4.79 Å². The molecule has 0 radical (unpaired) electrons. The minimum atomic E-state index is -0.307. The molecule has 0 aliphatic rings. The van der Waals surface area contributed by atoms with Crippen LogP contribution in [0.25, 0.3) is 0 Å². The molecule has 1 amide bonds. The lowest BCUT2D eigenvalue weighted by atomic mass is 10.2. The van der Waals surface area contributed by atoms with Gasteiger partial charge >= 0.3 is 0 Å². The number of halogens is 2. The number of nitrogens with one attached hydrogen (secondary N) is 1. The van der Waals surface area contributed by atoms with Gasteiger partial charge in [0.15, 0.2) is 15.8 Å². The molecule has 0 saturated carbocycles. The Hall–Kier alpha value is -2.00. The normalized spacial score (nSPS) is 10.6. The number of methoxy groups -OCH3 is 2. The first-order valence-corrected chi connectivity index (χ1v) is 10.5. The third kappa shape index (κ3) is 5.08. The monoisotopic (exact) mass is 455 g/mol. The van der Waals surface area contributed by atoms with Gasteiger partial charge in [-0.05, 0) is 35.9 Å². The maximum Gasteiger partial charge on any atom is 0.257 e. The van der Waals surface area contributed by atoms with Crippen LogP contribution in [0.5, 0.6) is 11.5 Å². The molecule has 6 nitrogen and oxygen atoms in total. The van der Waals surface area contributed by atoms with Gasteiger partial charge in [0.1, 0.15) is 0 Å². The number of amides is 1. The predicted octanol–water partition coefficient (Wildman–Crippen LogP) is 5.41. The second-order valence-corrected chi connectivity index (χ2v) is 8.45. The van der Waals surface area contributed by atoms with Gasteiger partial charge in [0.2, 0.25) is 5.13 Å². The average molecular weight is 456 g/mol. The van der Waals surface area contributed by atoms with Crippen molar-refractivity contribution in [3.8, 4) is 11.5 Å². The number of aromatic nitrogens is 2. The Morgan fingerprint density at radius 3 is 2.57 bits per heavy atom. The SMILES string of the molecule is COc1ccc(C(=O)Nc2nnc(SCc3ccc(Cl)c(Cl)c3)s2)cc1OC. The van der Waals surface area contributed by atoms with E-state index in [2.05, 4.69) is 15.5 Å². The molecule has 146 valence electrons. The largest absolute Gasteiger partial charge is 0.493 e. The molecule has 3 rings (SSSR count). The fourth-order valence-electron chi connectivity index (χ4n) is 2.24. The lowest BCUT2D eigenvalue weighted by Crippen LogP contribution is -2.11. The summed E-state index contributed by atoms with van der Waals surface area (Å²) < 4.78 is 11.1. The highest BCUT2D eigenvalue weighted by Crippen LogP contribution is 2.31. The highest BCUT2D eigenvalue weighted by Gasteiger charge is 2.14. The zero-order chi connectivity index (χ0) is 20.1. The summed E-state index contributed by atoms with van der Waals surface area (Å²) in [6, 6.07) is 10.4. The summed E-state index contributed by atoms with van der Waals surface area (Å²) in [5.41, 5.74) is 1.45. The number of carbonyl (C=O) groups excluding carboxylic acids is 1. The molecule has 10 heteroatoms. The first kappa shape index (κ1) is 20.7. The number of thioether (sulfide) groups is 1. The number of rotatable bonds is 7. The molecule has 1 aromatic heterocycles. The van der Waals surface area contributed by atoms with Crippen LogP contribution in [-0.2, 0) is 5.75 Å². The van der Waals surface area contributed by atoms with Crippen molar-refractivity contribution in [2.75, 3.05) is 19.5 Å². The van der Waals surface area contributed by atoms with Crippen LogP contribution in [-0.4, -0.2) is 30.3 Å². The predicted molar refractivity (Wildman–Crippen MR) is 113 cm³/mol. The van der Waals surface area contributed by atoms with E-state index in [4.69, 9.17) is 32.7 Å². The molecule has 0 saturated heterocycles. The lowest BCUT2D eigenvalue weighted by molar-refractivity contribution is 0.102. The Labute approximate surface area is 180 Å². The summed E-state index contributed by atoms with van der Waals surface area (Å²) >= 11 is 14.7. The zero-order valence-electron chi connectivity index (χ0n) is 14.9. The van der Waals surface area contributed by atoms with E-state index >= 15 is 0 Å². The van der Waals surface area contributed by atoms with Gasteiger partial charge in [-0.2, -0.15) is 0 Å². The maximum absolute atomic E-state index is 12.4. The molecular weight excluding hydrogens is 441 g/mol. The van der Waals surface area contributed by atoms with E-state index in [1.54, 1.807) is 24.3 Å². The van der Waals surface area contributed by atoms with E-state index in [1.165, 1.54) is 37.3 Å². The van der Waals surface area contributed by atoms with Gasteiger partial charge in [0.25, 0.3) is 5.91 Å². The molecule has 0 aliphatic carbocycles. The summed E-state index contributed by atoms with van der Waals surface area (Å²) in [5, 5.41) is 12.3. The smallest absolute Gasteiger partial charge is 0.257 e. The topological polar surface area (TPSA) is 73.3 Å². The quantitative estimate of drug-likeness (QED) is 0.379. The molecule has 0 bridgehead atoms. The number of ether oxygens (including phenoxy) is 2. The van der Waals surface area contributed by atoms with Crippen molar-refractivity contribution in [1.29, 1.82) is 0 Å². The number of hydrogen-bond acceptors (Lipinski definition) is 7. The third-order valence-electron chi connectivity index (χ3n) is 3.62. The van der Waals surface area contributed by atoms with Crippen LogP contribution in [0.1, 0.15) is 15.9 Å². The number of nitrogens with zero attached hydrogens (tertiary/aromatic N) is 2. The number of anilines is 1. The van der Waals surface area contributed by atoms with Crippen LogP contribution in [0, 0.1) is 0 Å². The fraction of sp³-hybridized carbons (Fsp3) is 0.167. The van der Waals surface area contributed by atoms with Crippen LogP contribution in [0.15, 0.2) is 40.7 Å². The molecular formula is C18H15Cl2N3O3S2. The Morgan fingerprint density at radius 2 is 1.86 bits per heavy atom. The number of benzene rings is 2. The summed E-state index contributed by atoms with van der Waals surface area (Å²) in [5.74, 6) is 1.38. The maximum atomic E-state index is 12.4. The summed E-state index contributed by atoms with van der Waals surface area (Å²) in [6.07, 6.45) is 0. The van der Waals surface area contributed by atoms with Crippen LogP contribution in [0.2, 0.25) is 10.0 Å². The van der Waals surface area contributed by atoms with E-state index in [1.807, 2.05) is 12.1 Å². The van der Waals surface area contributed by atoms with Gasteiger partial charge in [-0.3, -0.25) is 10.1 Å². The second kappa shape index (κ2) is 9.47. The number of carbonyl (C=O) groups is 1. The van der Waals surface area contributed by atoms with Crippen LogP contribution >= 0.6 is 46.3 Å². The van der Waals surface area contributed by atoms with Gasteiger partial charge in [0.05, 0.1) is 24.3 Å². The first-order chi connectivity index (χ1) is 13.5. The lowest BCUT2D eigenvalue weighted by Gasteiger charge is -2.08. The summed E-state index contributed by atoms with van der Waals surface area (Å²) in [7, 11) is 3.05. The Balaban J connectivity index is 1.62. The molecule has 0 fully saturated rings. The highest BCUT2D eigenvalue weighted by molar-refractivity contribution is 8.00. The standard InChI is InChI=1S/C18H15Cl2N3O3S2/c1-25-14-6-4-11(8-15(14)26-2)16(24)21-17-22-23-18(28-17)27-9-10-3-5-12(19)13(20)7-10/h3-8H,9H2,1-2H3,(H,21,22,24). The van der Waals surface area contributed by atoms with Crippen molar-refractivity contribution in [1.82, 2.24) is 10.2 Å². The fourth-order valence-corrected chi connectivity index (χ4v) is 4.25. The highest BCUT2D eigenvalue weighted by atomic mass is 35.5. The van der Waals surface area contributed by atoms with E-state index in [-0.39, 0.29) is 5.91 Å². The van der Waals surface area contributed by atoms with E-state index in [0.29, 0.717) is 38.0 Å². The average Bonchev–Trinajstić information content (AvgIpc) is 3.15. The Kier molecular flexibility index (Phi) is 7.01. The van der Waals surface area contributed by atoms with Gasteiger partial charge < -0.3 is 9.47 Å². The Morgan fingerprint density at radius 1 is 1.07 bits per heavy atom. The van der Waals surface area contributed by atoms with Crippen molar-refractivity contribution in [3.63, 3.8) is 0 Å². The summed E-state index contributed by atoms with van der Waals surface area (Å²) in [6.45, 7) is 0. The van der Waals surface area contributed by atoms with Crippen molar-refractivity contribution in [3.05, 3.63) is 57.6 Å². The zero-order valence-corrected chi connectivity index (χ0v) is 18.0. The van der Waals surface area contributed by atoms with Crippen LogP contribution < -0.4 is 14.8 Å². The van der Waals surface area contributed by atoms with Gasteiger partial charge in [-0.15, -0.1) is 10.2 Å². The Bertz CT molecular complexity index is 998. The van der Waals surface area contributed by atoms with Crippen molar-refractivity contribution >= 4 is 57.3 Å². The molecule has 0 aliphatic heterocycles. The van der Waals surface area contributed by atoms with Crippen LogP contribution in [0.4, 0.5) is 5.13 Å². The molecule has 1 N–H and O–H groups in total. The molecule has 3 aromatic rings. The minimum absolute atomic E-state index is 0.307. The molecule has 0 unspecified atom stereocenters. The molecule has 1 heterocycles. The third-order valence-corrected chi connectivity index (χ3v) is 6.40.